The first-order valence-corrected chi connectivity index (χ1v) is 5.97. The van der Waals surface area contributed by atoms with E-state index in [4.69, 9.17) is 5.73 Å². The van der Waals surface area contributed by atoms with Crippen molar-refractivity contribution in [1.82, 2.24) is 0 Å². The molecule has 0 saturated carbocycles. The number of hydrogen-bond acceptors (Lipinski definition) is 2. The first kappa shape index (κ1) is 11.2. The van der Waals surface area contributed by atoms with E-state index in [1.54, 1.807) is 6.07 Å². The Hall–Kier alpha value is -1.25. The molecule has 1 saturated heterocycles. The van der Waals surface area contributed by atoms with Crippen LogP contribution < -0.4 is 10.6 Å². The molecule has 2 N–H and O–H groups in total. The molecule has 1 atom stereocenters. The third-order valence-electron chi connectivity index (χ3n) is 3.35. The number of nitrogens with two attached hydrogens (primary N) is 1. The summed E-state index contributed by atoms with van der Waals surface area (Å²) >= 11 is 0. The van der Waals surface area contributed by atoms with Gasteiger partial charge >= 0.3 is 0 Å². The lowest BCUT2D eigenvalue weighted by Crippen LogP contribution is -2.25. The Morgan fingerprint density at radius 3 is 2.88 bits per heavy atom. The molecule has 0 bridgehead atoms. The van der Waals surface area contributed by atoms with E-state index in [2.05, 4.69) is 11.8 Å². The standard InChI is InChI=1S/C13H19FN2/c1-10-3-2-7-16(8-6-10)13-5-4-11(14)9-12(13)15/h4-5,9-10H,2-3,6-8,15H2,1H3. The zero-order valence-corrected chi connectivity index (χ0v) is 9.75. The molecule has 16 heavy (non-hydrogen) atoms. The molecule has 1 unspecified atom stereocenters. The summed E-state index contributed by atoms with van der Waals surface area (Å²) in [5, 5.41) is 0. The number of halogens is 1. The van der Waals surface area contributed by atoms with Crippen molar-refractivity contribution < 1.29 is 4.39 Å². The Kier molecular flexibility index (Phi) is 3.32. The van der Waals surface area contributed by atoms with Gasteiger partial charge in [0.15, 0.2) is 0 Å². The van der Waals surface area contributed by atoms with Crippen molar-refractivity contribution in [2.45, 2.75) is 26.2 Å². The highest BCUT2D eigenvalue weighted by atomic mass is 19.1. The summed E-state index contributed by atoms with van der Waals surface area (Å²) in [6.07, 6.45) is 3.66. The molecule has 1 aliphatic heterocycles. The van der Waals surface area contributed by atoms with Crippen LogP contribution in [0.3, 0.4) is 0 Å². The van der Waals surface area contributed by atoms with Crippen LogP contribution in [0.5, 0.6) is 0 Å². The summed E-state index contributed by atoms with van der Waals surface area (Å²) in [6, 6.07) is 4.68. The second kappa shape index (κ2) is 4.73. The van der Waals surface area contributed by atoms with Crippen molar-refractivity contribution in [3.05, 3.63) is 24.0 Å². The Morgan fingerprint density at radius 2 is 2.12 bits per heavy atom. The molecule has 0 amide bonds. The van der Waals surface area contributed by atoms with Gasteiger partial charge in [-0.15, -0.1) is 0 Å². The second-order valence-electron chi connectivity index (χ2n) is 4.73. The number of nitrogen functional groups attached to an aromatic ring is 1. The molecule has 1 aromatic carbocycles. The van der Waals surface area contributed by atoms with E-state index in [0.717, 1.165) is 24.7 Å². The quantitative estimate of drug-likeness (QED) is 0.740. The Bertz CT molecular complexity index is 365. The van der Waals surface area contributed by atoms with E-state index >= 15 is 0 Å². The highest BCUT2D eigenvalue weighted by Gasteiger charge is 2.15. The molecule has 1 aliphatic rings. The molecule has 88 valence electrons. The minimum atomic E-state index is -0.260. The molecule has 0 radical (unpaired) electrons. The third-order valence-corrected chi connectivity index (χ3v) is 3.35. The molecule has 2 nitrogen and oxygen atoms in total. The second-order valence-corrected chi connectivity index (χ2v) is 4.73. The summed E-state index contributed by atoms with van der Waals surface area (Å²) in [5.41, 5.74) is 7.39. The summed E-state index contributed by atoms with van der Waals surface area (Å²) in [4.78, 5) is 2.28. The van der Waals surface area contributed by atoms with Crippen LogP contribution in [0.2, 0.25) is 0 Å². The Morgan fingerprint density at radius 1 is 1.31 bits per heavy atom. The van der Waals surface area contributed by atoms with Gasteiger partial charge < -0.3 is 10.6 Å². The average Bonchev–Trinajstić information content (AvgIpc) is 2.43. The van der Waals surface area contributed by atoms with Crippen molar-refractivity contribution in [3.8, 4) is 0 Å². The largest absolute Gasteiger partial charge is 0.397 e. The van der Waals surface area contributed by atoms with Gasteiger partial charge in [0.05, 0.1) is 11.4 Å². The molecule has 1 heterocycles. The molecule has 0 aliphatic carbocycles. The van der Waals surface area contributed by atoms with Gasteiger partial charge in [0.1, 0.15) is 5.82 Å². The maximum absolute atomic E-state index is 13.0. The van der Waals surface area contributed by atoms with E-state index in [-0.39, 0.29) is 5.82 Å². The van der Waals surface area contributed by atoms with Crippen LogP contribution in [-0.4, -0.2) is 13.1 Å². The highest BCUT2D eigenvalue weighted by Crippen LogP contribution is 2.27. The fraction of sp³-hybridized carbons (Fsp3) is 0.538. The van der Waals surface area contributed by atoms with Crippen LogP contribution in [0.1, 0.15) is 26.2 Å². The topological polar surface area (TPSA) is 29.3 Å². The zero-order valence-electron chi connectivity index (χ0n) is 9.75. The van der Waals surface area contributed by atoms with Gasteiger partial charge in [-0.25, -0.2) is 4.39 Å². The SMILES string of the molecule is CC1CCCN(c2ccc(F)cc2N)CC1. The van der Waals surface area contributed by atoms with Gasteiger partial charge in [0.25, 0.3) is 0 Å². The fourth-order valence-corrected chi connectivity index (χ4v) is 2.32. The van der Waals surface area contributed by atoms with Crippen LogP contribution in [0.15, 0.2) is 18.2 Å². The predicted molar refractivity (Wildman–Crippen MR) is 66.0 cm³/mol. The molecule has 2 rings (SSSR count). The number of anilines is 2. The van der Waals surface area contributed by atoms with Crippen molar-refractivity contribution >= 4 is 11.4 Å². The Balaban J connectivity index is 2.16. The lowest BCUT2D eigenvalue weighted by atomic mass is 10.0. The number of hydrogen-bond donors (Lipinski definition) is 1. The van der Waals surface area contributed by atoms with E-state index < -0.39 is 0 Å². The molecular formula is C13H19FN2. The van der Waals surface area contributed by atoms with Gasteiger partial charge in [-0.3, -0.25) is 0 Å². The molecule has 3 heteroatoms. The van der Waals surface area contributed by atoms with E-state index in [1.807, 2.05) is 0 Å². The highest BCUT2D eigenvalue weighted by molar-refractivity contribution is 5.67. The summed E-state index contributed by atoms with van der Waals surface area (Å²) < 4.78 is 13.0. The maximum Gasteiger partial charge on any atom is 0.125 e. The van der Waals surface area contributed by atoms with Gasteiger partial charge in [-0.1, -0.05) is 6.92 Å². The van der Waals surface area contributed by atoms with Crippen molar-refractivity contribution in [2.24, 2.45) is 5.92 Å². The minimum absolute atomic E-state index is 0.260. The zero-order chi connectivity index (χ0) is 11.5. The first-order valence-electron chi connectivity index (χ1n) is 5.97. The third kappa shape index (κ3) is 2.46. The minimum Gasteiger partial charge on any atom is -0.397 e. The van der Waals surface area contributed by atoms with Crippen LogP contribution in [-0.2, 0) is 0 Å². The van der Waals surface area contributed by atoms with Crippen molar-refractivity contribution in [1.29, 1.82) is 0 Å². The average molecular weight is 222 g/mol. The van der Waals surface area contributed by atoms with Gasteiger partial charge in [0.2, 0.25) is 0 Å². The van der Waals surface area contributed by atoms with E-state index in [9.17, 15) is 4.39 Å². The lowest BCUT2D eigenvalue weighted by Gasteiger charge is -2.24. The van der Waals surface area contributed by atoms with Crippen molar-refractivity contribution in [2.75, 3.05) is 23.7 Å². The normalized spacial score (nSPS) is 21.9. The van der Waals surface area contributed by atoms with Crippen LogP contribution in [0.4, 0.5) is 15.8 Å². The van der Waals surface area contributed by atoms with Gasteiger partial charge in [-0.2, -0.15) is 0 Å². The number of benzene rings is 1. The summed E-state index contributed by atoms with van der Waals surface area (Å²) in [7, 11) is 0. The molecule has 0 spiro atoms. The van der Waals surface area contributed by atoms with E-state index in [1.165, 1.54) is 31.4 Å². The first-order chi connectivity index (χ1) is 7.66. The monoisotopic (exact) mass is 222 g/mol. The van der Waals surface area contributed by atoms with Crippen molar-refractivity contribution in [3.63, 3.8) is 0 Å². The van der Waals surface area contributed by atoms with Crippen LogP contribution in [0.25, 0.3) is 0 Å². The molecule has 1 aromatic rings. The maximum atomic E-state index is 13.0. The smallest absolute Gasteiger partial charge is 0.125 e. The number of rotatable bonds is 1. The summed E-state index contributed by atoms with van der Waals surface area (Å²) in [6.45, 7) is 4.34. The fourth-order valence-electron chi connectivity index (χ4n) is 2.32. The van der Waals surface area contributed by atoms with E-state index in [0.29, 0.717) is 5.69 Å². The molecular weight excluding hydrogens is 203 g/mol. The molecule has 0 aromatic heterocycles. The van der Waals surface area contributed by atoms with Crippen LogP contribution >= 0.6 is 0 Å². The van der Waals surface area contributed by atoms with Crippen LogP contribution in [0, 0.1) is 11.7 Å². The predicted octanol–water partition coefficient (Wildman–Crippen LogP) is 3.03. The molecule has 1 fully saturated rings. The lowest BCUT2D eigenvalue weighted by molar-refractivity contribution is 0.521. The number of nitrogens with zero attached hydrogens (tertiary/aromatic N) is 1. The summed E-state index contributed by atoms with van der Waals surface area (Å²) in [5.74, 6) is 0.524. The van der Waals surface area contributed by atoms with Gasteiger partial charge in [0, 0.05) is 13.1 Å². The van der Waals surface area contributed by atoms with Gasteiger partial charge in [-0.05, 0) is 43.4 Å². The Labute approximate surface area is 96.2 Å².